The quantitative estimate of drug-likeness (QED) is 0.478. The summed E-state index contributed by atoms with van der Waals surface area (Å²) in [4.78, 5) is 4.38. The molecule has 0 spiro atoms. The number of aryl methyl sites for hydroxylation is 1. The van der Waals surface area contributed by atoms with Crippen LogP contribution in [0.2, 0.25) is 0 Å². The Kier molecular flexibility index (Phi) is 7.45. The van der Waals surface area contributed by atoms with Crippen molar-refractivity contribution < 1.29 is 0 Å². The van der Waals surface area contributed by atoms with Gasteiger partial charge in [-0.15, -0.1) is 0 Å². The van der Waals surface area contributed by atoms with Crippen LogP contribution in [0, 0.1) is 23.2 Å². The summed E-state index contributed by atoms with van der Waals surface area (Å²) in [6.45, 7) is 2.30. The van der Waals surface area contributed by atoms with Crippen molar-refractivity contribution in [2.75, 3.05) is 0 Å². The number of nitriles is 1. The lowest BCUT2D eigenvalue weighted by molar-refractivity contribution is 0.249. The third-order valence-corrected chi connectivity index (χ3v) is 6.17. The van der Waals surface area contributed by atoms with Crippen LogP contribution in [0.15, 0.2) is 42.6 Å². The van der Waals surface area contributed by atoms with E-state index in [9.17, 15) is 0 Å². The first kappa shape index (κ1) is 19.6. The molecule has 1 aliphatic rings. The summed E-state index contributed by atoms with van der Waals surface area (Å²) in [5.41, 5.74) is 4.09. The molecule has 1 fully saturated rings. The van der Waals surface area contributed by atoms with Gasteiger partial charge in [0.05, 0.1) is 11.3 Å². The SMILES string of the molecule is CCCCCC1CCC(CCc2ccc(-c3ccc(C#N)cn3)cc2)CC1. The second kappa shape index (κ2) is 10.3. The van der Waals surface area contributed by atoms with Gasteiger partial charge >= 0.3 is 0 Å². The molecule has 2 nitrogen and oxygen atoms in total. The van der Waals surface area contributed by atoms with Gasteiger partial charge in [-0.25, -0.2) is 0 Å². The second-order valence-corrected chi connectivity index (χ2v) is 8.16. The summed E-state index contributed by atoms with van der Waals surface area (Å²) in [6.07, 6.45) is 15.6. The molecule has 1 aliphatic carbocycles. The van der Waals surface area contributed by atoms with Crippen molar-refractivity contribution in [1.82, 2.24) is 4.98 Å². The fraction of sp³-hybridized carbons (Fsp3) is 0.520. The van der Waals surface area contributed by atoms with Crippen molar-refractivity contribution in [1.29, 1.82) is 5.26 Å². The van der Waals surface area contributed by atoms with Crippen LogP contribution in [0.25, 0.3) is 11.3 Å². The Hall–Kier alpha value is -2.14. The Morgan fingerprint density at radius 2 is 1.63 bits per heavy atom. The predicted molar refractivity (Wildman–Crippen MR) is 112 cm³/mol. The summed E-state index contributed by atoms with van der Waals surface area (Å²) in [7, 11) is 0. The van der Waals surface area contributed by atoms with E-state index in [2.05, 4.69) is 42.2 Å². The van der Waals surface area contributed by atoms with E-state index >= 15 is 0 Å². The first-order chi connectivity index (χ1) is 13.3. The maximum absolute atomic E-state index is 8.87. The molecule has 0 saturated heterocycles. The van der Waals surface area contributed by atoms with Crippen LogP contribution in [-0.4, -0.2) is 4.98 Å². The molecule has 0 radical (unpaired) electrons. The van der Waals surface area contributed by atoms with Crippen molar-refractivity contribution in [3.05, 3.63) is 53.7 Å². The van der Waals surface area contributed by atoms with Gasteiger partial charge in [-0.1, -0.05) is 82.6 Å². The van der Waals surface area contributed by atoms with Gasteiger partial charge in [0.1, 0.15) is 6.07 Å². The Morgan fingerprint density at radius 1 is 0.926 bits per heavy atom. The predicted octanol–water partition coefficient (Wildman–Crippen LogP) is 6.94. The molecule has 1 saturated carbocycles. The van der Waals surface area contributed by atoms with E-state index < -0.39 is 0 Å². The van der Waals surface area contributed by atoms with E-state index in [1.165, 1.54) is 69.8 Å². The van der Waals surface area contributed by atoms with E-state index in [1.807, 2.05) is 12.1 Å². The lowest BCUT2D eigenvalue weighted by atomic mass is 9.78. The van der Waals surface area contributed by atoms with Crippen LogP contribution in [0.1, 0.15) is 75.8 Å². The largest absolute Gasteiger partial charge is 0.255 e. The number of hydrogen-bond acceptors (Lipinski definition) is 2. The van der Waals surface area contributed by atoms with Crippen LogP contribution >= 0.6 is 0 Å². The topological polar surface area (TPSA) is 36.7 Å². The molecule has 2 aromatic rings. The van der Waals surface area contributed by atoms with Crippen molar-refractivity contribution in [3.8, 4) is 17.3 Å². The van der Waals surface area contributed by atoms with Crippen molar-refractivity contribution in [2.45, 2.75) is 71.1 Å². The first-order valence-corrected chi connectivity index (χ1v) is 10.7. The monoisotopic (exact) mass is 360 g/mol. The van der Waals surface area contributed by atoms with E-state index in [-0.39, 0.29) is 0 Å². The zero-order valence-electron chi connectivity index (χ0n) is 16.7. The van der Waals surface area contributed by atoms with Crippen LogP contribution < -0.4 is 0 Å². The lowest BCUT2D eigenvalue weighted by Gasteiger charge is -2.28. The van der Waals surface area contributed by atoms with Gasteiger partial charge in [0.2, 0.25) is 0 Å². The number of benzene rings is 1. The molecule has 142 valence electrons. The minimum absolute atomic E-state index is 0.607. The fourth-order valence-electron chi connectivity index (χ4n) is 4.34. The highest BCUT2D eigenvalue weighted by molar-refractivity contribution is 5.59. The maximum Gasteiger partial charge on any atom is 0.101 e. The van der Waals surface area contributed by atoms with Gasteiger partial charge in [0.15, 0.2) is 0 Å². The first-order valence-electron chi connectivity index (χ1n) is 10.7. The number of nitrogens with zero attached hydrogens (tertiary/aromatic N) is 2. The van der Waals surface area contributed by atoms with E-state index in [1.54, 1.807) is 6.20 Å². The molecule has 0 unspecified atom stereocenters. The molecule has 0 bridgehead atoms. The Bertz CT molecular complexity index is 716. The summed E-state index contributed by atoms with van der Waals surface area (Å²) in [5, 5.41) is 8.87. The van der Waals surface area contributed by atoms with Crippen LogP contribution in [-0.2, 0) is 6.42 Å². The minimum Gasteiger partial charge on any atom is -0.255 e. The van der Waals surface area contributed by atoms with Gasteiger partial charge in [0, 0.05) is 11.8 Å². The van der Waals surface area contributed by atoms with Gasteiger partial charge < -0.3 is 0 Å². The van der Waals surface area contributed by atoms with Crippen LogP contribution in [0.3, 0.4) is 0 Å². The molecular weight excluding hydrogens is 328 g/mol. The van der Waals surface area contributed by atoms with Crippen molar-refractivity contribution >= 4 is 0 Å². The highest BCUT2D eigenvalue weighted by atomic mass is 14.7. The zero-order valence-corrected chi connectivity index (χ0v) is 16.7. The standard InChI is InChI=1S/C25H32N2/c1-2-3-4-5-20-6-8-21(9-7-20)10-11-22-12-15-24(16-13-22)25-17-14-23(18-26)19-27-25/h12-17,19-21H,2-11H2,1H3. The van der Waals surface area contributed by atoms with E-state index in [4.69, 9.17) is 5.26 Å². The second-order valence-electron chi connectivity index (χ2n) is 8.16. The Balaban J connectivity index is 1.43. The van der Waals surface area contributed by atoms with Gasteiger partial charge in [-0.2, -0.15) is 5.26 Å². The maximum atomic E-state index is 8.87. The molecule has 0 aliphatic heterocycles. The lowest BCUT2D eigenvalue weighted by Crippen LogP contribution is -2.15. The molecule has 2 heteroatoms. The fourth-order valence-corrected chi connectivity index (χ4v) is 4.34. The molecule has 1 aromatic heterocycles. The van der Waals surface area contributed by atoms with Gasteiger partial charge in [-0.05, 0) is 42.4 Å². The summed E-state index contributed by atoms with van der Waals surface area (Å²) < 4.78 is 0. The summed E-state index contributed by atoms with van der Waals surface area (Å²) in [6, 6.07) is 14.7. The minimum atomic E-state index is 0.607. The summed E-state index contributed by atoms with van der Waals surface area (Å²) >= 11 is 0. The molecule has 0 atom stereocenters. The average Bonchev–Trinajstić information content (AvgIpc) is 2.74. The Morgan fingerprint density at radius 3 is 2.22 bits per heavy atom. The highest BCUT2D eigenvalue weighted by Crippen LogP contribution is 2.34. The van der Waals surface area contributed by atoms with E-state index in [0.717, 1.165) is 23.1 Å². The number of unbranched alkanes of at least 4 members (excludes halogenated alkanes) is 2. The van der Waals surface area contributed by atoms with Crippen molar-refractivity contribution in [2.24, 2.45) is 11.8 Å². The molecular formula is C25H32N2. The molecule has 0 N–H and O–H groups in total. The number of aromatic nitrogens is 1. The molecule has 0 amide bonds. The number of hydrogen-bond donors (Lipinski definition) is 0. The average molecular weight is 361 g/mol. The zero-order chi connectivity index (χ0) is 18.9. The number of pyridine rings is 1. The van der Waals surface area contributed by atoms with Gasteiger partial charge in [0.25, 0.3) is 0 Å². The third kappa shape index (κ3) is 5.93. The Labute approximate surface area is 164 Å². The van der Waals surface area contributed by atoms with Crippen LogP contribution in [0.4, 0.5) is 0 Å². The third-order valence-electron chi connectivity index (χ3n) is 6.17. The van der Waals surface area contributed by atoms with Crippen molar-refractivity contribution in [3.63, 3.8) is 0 Å². The highest BCUT2D eigenvalue weighted by Gasteiger charge is 2.20. The summed E-state index contributed by atoms with van der Waals surface area (Å²) in [5.74, 6) is 1.93. The molecule has 1 aromatic carbocycles. The smallest absolute Gasteiger partial charge is 0.101 e. The van der Waals surface area contributed by atoms with Crippen LogP contribution in [0.5, 0.6) is 0 Å². The number of rotatable bonds is 8. The molecule has 27 heavy (non-hydrogen) atoms. The molecule has 3 rings (SSSR count). The van der Waals surface area contributed by atoms with Gasteiger partial charge in [-0.3, -0.25) is 4.98 Å². The van der Waals surface area contributed by atoms with E-state index in [0.29, 0.717) is 5.56 Å². The normalized spacial score (nSPS) is 19.6. The molecule has 1 heterocycles.